The summed E-state index contributed by atoms with van der Waals surface area (Å²) in [5, 5.41) is 0. The molecule has 0 bridgehead atoms. The number of rotatable bonds is 3. The number of ether oxygens (including phenoxy) is 1. The van der Waals surface area contributed by atoms with Gasteiger partial charge in [-0.05, 0) is 35.9 Å². The van der Waals surface area contributed by atoms with Crippen molar-refractivity contribution in [1.82, 2.24) is 4.90 Å². The van der Waals surface area contributed by atoms with Gasteiger partial charge in [-0.15, -0.1) is 0 Å². The smallest absolute Gasteiger partial charge is 0.338 e. The van der Waals surface area contributed by atoms with Crippen molar-refractivity contribution in [3.63, 3.8) is 0 Å². The van der Waals surface area contributed by atoms with Crippen LogP contribution in [0, 0.1) is 11.3 Å². The number of carbonyl (C=O) groups excluding carboxylic acids is 1. The lowest BCUT2D eigenvalue weighted by molar-refractivity contribution is 0.0598. The Morgan fingerprint density at radius 3 is 2.65 bits per heavy atom. The van der Waals surface area contributed by atoms with Crippen molar-refractivity contribution in [3.8, 4) is 0 Å². The minimum atomic E-state index is -0.243. The van der Waals surface area contributed by atoms with Crippen molar-refractivity contribution >= 4 is 5.97 Å². The fourth-order valence-corrected chi connectivity index (χ4v) is 2.89. The summed E-state index contributed by atoms with van der Waals surface area (Å²) in [5.41, 5.74) is 2.11. The van der Waals surface area contributed by atoms with E-state index in [2.05, 4.69) is 25.7 Å². The summed E-state index contributed by atoms with van der Waals surface area (Å²) in [4.78, 5) is 14.2. The van der Waals surface area contributed by atoms with E-state index in [0.29, 0.717) is 11.0 Å². The Balaban J connectivity index is 2.07. The lowest BCUT2D eigenvalue weighted by Crippen LogP contribution is -2.26. The van der Waals surface area contributed by atoms with Gasteiger partial charge in [0.15, 0.2) is 0 Å². The van der Waals surface area contributed by atoms with Crippen molar-refractivity contribution in [2.45, 2.75) is 33.7 Å². The lowest BCUT2D eigenvalue weighted by Gasteiger charge is -2.27. The fourth-order valence-electron chi connectivity index (χ4n) is 2.89. The number of benzene rings is 1. The highest BCUT2D eigenvalue weighted by molar-refractivity contribution is 5.90. The monoisotopic (exact) mass is 275 g/mol. The molecule has 0 amide bonds. The molecule has 0 spiro atoms. The first-order valence-corrected chi connectivity index (χ1v) is 7.30. The Kier molecular flexibility index (Phi) is 4.48. The molecular weight excluding hydrogens is 250 g/mol. The molecule has 1 atom stereocenters. The number of hydrogen-bond donors (Lipinski definition) is 0. The molecule has 3 heteroatoms. The highest BCUT2D eigenvalue weighted by Gasteiger charge is 2.31. The largest absolute Gasteiger partial charge is 0.465 e. The van der Waals surface area contributed by atoms with Gasteiger partial charge in [0.1, 0.15) is 0 Å². The Bertz CT molecular complexity index is 476. The molecule has 1 aromatic rings. The predicted molar refractivity (Wildman–Crippen MR) is 80.6 cm³/mol. The van der Waals surface area contributed by atoms with Gasteiger partial charge < -0.3 is 4.74 Å². The van der Waals surface area contributed by atoms with E-state index in [1.54, 1.807) is 0 Å². The molecule has 1 unspecified atom stereocenters. The SMILES string of the molecule is COC(=O)c1ccccc1CN1CCC(C(C)(C)C)C1. The van der Waals surface area contributed by atoms with Gasteiger partial charge in [0.25, 0.3) is 0 Å². The van der Waals surface area contributed by atoms with Gasteiger partial charge in [-0.2, -0.15) is 0 Å². The van der Waals surface area contributed by atoms with Crippen LogP contribution in [-0.4, -0.2) is 31.1 Å². The summed E-state index contributed by atoms with van der Waals surface area (Å²) in [6.45, 7) is 9.98. The molecule has 0 aliphatic carbocycles. The van der Waals surface area contributed by atoms with Crippen molar-refractivity contribution in [2.75, 3.05) is 20.2 Å². The van der Waals surface area contributed by atoms with Crippen LogP contribution < -0.4 is 0 Å². The van der Waals surface area contributed by atoms with Crippen LogP contribution in [-0.2, 0) is 11.3 Å². The molecule has 1 aliphatic heterocycles. The summed E-state index contributed by atoms with van der Waals surface area (Å²) in [6.07, 6.45) is 1.24. The van der Waals surface area contributed by atoms with Crippen molar-refractivity contribution in [1.29, 1.82) is 0 Å². The number of esters is 1. The topological polar surface area (TPSA) is 29.5 Å². The highest BCUT2D eigenvalue weighted by Crippen LogP contribution is 2.34. The third kappa shape index (κ3) is 3.40. The van der Waals surface area contributed by atoms with Crippen LogP contribution in [0.15, 0.2) is 24.3 Å². The van der Waals surface area contributed by atoms with Gasteiger partial charge in [-0.3, -0.25) is 4.90 Å². The summed E-state index contributed by atoms with van der Waals surface area (Å²) in [6, 6.07) is 7.74. The van der Waals surface area contributed by atoms with Crippen LogP contribution in [0.1, 0.15) is 43.1 Å². The zero-order valence-electron chi connectivity index (χ0n) is 13.0. The third-order valence-corrected chi connectivity index (χ3v) is 4.31. The normalized spacial score (nSPS) is 20.1. The molecule has 20 heavy (non-hydrogen) atoms. The van der Waals surface area contributed by atoms with E-state index in [4.69, 9.17) is 4.74 Å². The molecular formula is C17H25NO2. The zero-order valence-corrected chi connectivity index (χ0v) is 13.0. The van der Waals surface area contributed by atoms with Crippen LogP contribution in [0.3, 0.4) is 0 Å². The highest BCUT2D eigenvalue weighted by atomic mass is 16.5. The number of methoxy groups -OCH3 is 1. The molecule has 2 rings (SSSR count). The Labute approximate surface area is 121 Å². The molecule has 1 heterocycles. The van der Waals surface area contributed by atoms with Crippen LogP contribution in [0.25, 0.3) is 0 Å². The zero-order chi connectivity index (χ0) is 14.8. The van der Waals surface area contributed by atoms with Gasteiger partial charge in [-0.1, -0.05) is 39.0 Å². The van der Waals surface area contributed by atoms with E-state index < -0.39 is 0 Å². The predicted octanol–water partition coefficient (Wildman–Crippen LogP) is 3.34. The fraction of sp³-hybridized carbons (Fsp3) is 0.588. The van der Waals surface area contributed by atoms with Gasteiger partial charge in [0.05, 0.1) is 12.7 Å². The molecule has 3 nitrogen and oxygen atoms in total. The van der Waals surface area contributed by atoms with Gasteiger partial charge >= 0.3 is 5.97 Å². The maximum absolute atomic E-state index is 11.8. The molecule has 0 aromatic heterocycles. The van der Waals surface area contributed by atoms with E-state index in [1.807, 2.05) is 24.3 Å². The van der Waals surface area contributed by atoms with Crippen LogP contribution in [0.4, 0.5) is 0 Å². The standard InChI is InChI=1S/C17H25NO2/c1-17(2,3)14-9-10-18(12-14)11-13-7-5-6-8-15(13)16(19)20-4/h5-8,14H,9-12H2,1-4H3. The van der Waals surface area contributed by atoms with Crippen molar-refractivity contribution in [2.24, 2.45) is 11.3 Å². The molecule has 0 N–H and O–H groups in total. The summed E-state index contributed by atoms with van der Waals surface area (Å²) >= 11 is 0. The van der Waals surface area contributed by atoms with Crippen LogP contribution in [0.5, 0.6) is 0 Å². The second kappa shape index (κ2) is 5.96. The summed E-state index contributed by atoms with van der Waals surface area (Å²) in [7, 11) is 1.44. The van der Waals surface area contributed by atoms with E-state index in [9.17, 15) is 4.79 Å². The molecule has 110 valence electrons. The molecule has 1 aliphatic rings. The first kappa shape index (κ1) is 15.0. The lowest BCUT2D eigenvalue weighted by atomic mass is 9.80. The van der Waals surface area contributed by atoms with Crippen molar-refractivity contribution in [3.05, 3.63) is 35.4 Å². The van der Waals surface area contributed by atoms with E-state index >= 15 is 0 Å². The Hall–Kier alpha value is -1.35. The first-order valence-electron chi connectivity index (χ1n) is 7.30. The Morgan fingerprint density at radius 2 is 2.05 bits per heavy atom. The quantitative estimate of drug-likeness (QED) is 0.792. The number of likely N-dealkylation sites (tertiary alicyclic amines) is 1. The maximum Gasteiger partial charge on any atom is 0.338 e. The minimum Gasteiger partial charge on any atom is -0.465 e. The molecule has 0 radical (unpaired) electrons. The second-order valence-corrected chi connectivity index (χ2v) is 6.74. The maximum atomic E-state index is 11.8. The third-order valence-electron chi connectivity index (χ3n) is 4.31. The summed E-state index contributed by atoms with van der Waals surface area (Å²) in [5.74, 6) is 0.486. The van der Waals surface area contributed by atoms with Crippen LogP contribution >= 0.6 is 0 Å². The number of nitrogens with zero attached hydrogens (tertiary/aromatic N) is 1. The van der Waals surface area contributed by atoms with Crippen LogP contribution in [0.2, 0.25) is 0 Å². The Morgan fingerprint density at radius 1 is 1.35 bits per heavy atom. The van der Waals surface area contributed by atoms with E-state index in [1.165, 1.54) is 13.5 Å². The van der Waals surface area contributed by atoms with Gasteiger partial charge in [0.2, 0.25) is 0 Å². The summed E-state index contributed by atoms with van der Waals surface area (Å²) < 4.78 is 4.86. The minimum absolute atomic E-state index is 0.243. The van der Waals surface area contributed by atoms with Gasteiger partial charge in [-0.25, -0.2) is 4.79 Å². The van der Waals surface area contributed by atoms with Gasteiger partial charge in [0, 0.05) is 13.1 Å². The number of carbonyl (C=O) groups is 1. The van der Waals surface area contributed by atoms with Crippen molar-refractivity contribution < 1.29 is 9.53 Å². The van der Waals surface area contributed by atoms with E-state index in [-0.39, 0.29) is 5.97 Å². The molecule has 1 saturated heterocycles. The second-order valence-electron chi connectivity index (χ2n) is 6.74. The average Bonchev–Trinajstić information content (AvgIpc) is 2.87. The molecule has 1 fully saturated rings. The molecule has 1 aromatic carbocycles. The van der Waals surface area contributed by atoms with E-state index in [0.717, 1.165) is 31.1 Å². The average molecular weight is 275 g/mol. The first-order chi connectivity index (χ1) is 9.41. The molecule has 0 saturated carbocycles. The number of hydrogen-bond acceptors (Lipinski definition) is 3.